The Bertz CT molecular complexity index is 167. The minimum Gasteiger partial charge on any atom is -0.282 e. The summed E-state index contributed by atoms with van der Waals surface area (Å²) in [5.74, 6) is 0. The molecule has 0 aromatic rings. The van der Waals surface area contributed by atoms with Gasteiger partial charge in [0.15, 0.2) is 0 Å². The molecule has 5 heteroatoms. The van der Waals surface area contributed by atoms with Crippen LogP contribution in [0.5, 0.6) is 0 Å². The summed E-state index contributed by atoms with van der Waals surface area (Å²) >= 11 is 0. The Balaban J connectivity index is 4.00. The Labute approximate surface area is 79.9 Å². The molecular formula is C8H18O4P. The van der Waals surface area contributed by atoms with Crippen LogP contribution >= 0.6 is 7.82 Å². The van der Waals surface area contributed by atoms with Crippen molar-refractivity contribution in [2.45, 2.75) is 52.7 Å². The van der Waals surface area contributed by atoms with Gasteiger partial charge in [-0.1, -0.05) is 13.8 Å². The first-order valence-electron chi connectivity index (χ1n) is 4.59. The van der Waals surface area contributed by atoms with Crippen LogP contribution in [0.1, 0.15) is 40.5 Å². The Hall–Kier alpha value is 0.110. The van der Waals surface area contributed by atoms with Crippen LogP contribution in [0.4, 0.5) is 0 Å². The molecule has 0 aromatic carbocycles. The maximum atomic E-state index is 11.2. The van der Waals surface area contributed by atoms with Crippen molar-refractivity contribution in [1.29, 1.82) is 0 Å². The van der Waals surface area contributed by atoms with Crippen LogP contribution in [0.3, 0.4) is 0 Å². The van der Waals surface area contributed by atoms with E-state index in [-0.39, 0.29) is 12.2 Å². The first kappa shape index (κ1) is 13.1. The summed E-state index contributed by atoms with van der Waals surface area (Å²) < 4.78 is 20.6. The summed E-state index contributed by atoms with van der Waals surface area (Å²) in [5, 5.41) is 0. The normalized spacial score (nSPS) is 20.7. The largest absolute Gasteiger partial charge is 0.503 e. The second kappa shape index (κ2) is 5.76. The van der Waals surface area contributed by atoms with Crippen molar-refractivity contribution in [3.05, 3.63) is 0 Å². The predicted octanol–water partition coefficient (Wildman–Crippen LogP) is 3.16. The molecule has 0 aromatic heterocycles. The average molecular weight is 209 g/mol. The fourth-order valence-electron chi connectivity index (χ4n) is 0.615. The Morgan fingerprint density at radius 2 is 1.38 bits per heavy atom. The Morgan fingerprint density at radius 1 is 1.08 bits per heavy atom. The summed E-state index contributed by atoms with van der Waals surface area (Å²) in [6.45, 7) is 7.11. The van der Waals surface area contributed by atoms with E-state index in [0.29, 0.717) is 12.8 Å². The highest BCUT2D eigenvalue weighted by Gasteiger charge is 2.28. The smallest absolute Gasteiger partial charge is 0.282 e. The molecule has 2 atom stereocenters. The highest BCUT2D eigenvalue weighted by molar-refractivity contribution is 7.47. The van der Waals surface area contributed by atoms with E-state index >= 15 is 0 Å². The fourth-order valence-corrected chi connectivity index (χ4v) is 1.84. The second-order valence-corrected chi connectivity index (χ2v) is 4.41. The third-order valence-electron chi connectivity index (χ3n) is 1.77. The first-order valence-corrected chi connectivity index (χ1v) is 6.05. The van der Waals surface area contributed by atoms with E-state index in [1.54, 1.807) is 13.8 Å². The molecule has 0 fully saturated rings. The van der Waals surface area contributed by atoms with E-state index in [0.717, 1.165) is 0 Å². The van der Waals surface area contributed by atoms with Gasteiger partial charge in [-0.05, 0) is 26.7 Å². The third kappa shape index (κ3) is 6.22. The third-order valence-corrected chi connectivity index (χ3v) is 3.00. The van der Waals surface area contributed by atoms with Crippen molar-refractivity contribution in [2.75, 3.05) is 0 Å². The lowest BCUT2D eigenvalue weighted by Gasteiger charge is -2.17. The summed E-state index contributed by atoms with van der Waals surface area (Å²) in [6, 6.07) is 0. The monoisotopic (exact) mass is 209 g/mol. The van der Waals surface area contributed by atoms with E-state index in [4.69, 9.17) is 9.05 Å². The first-order chi connectivity index (χ1) is 5.91. The van der Waals surface area contributed by atoms with Crippen LogP contribution in [-0.2, 0) is 18.5 Å². The minimum absolute atomic E-state index is 0.313. The molecule has 0 aliphatic carbocycles. The van der Waals surface area contributed by atoms with Gasteiger partial charge in [-0.25, -0.2) is 4.57 Å². The average Bonchev–Trinajstić information content (AvgIpc) is 2.02. The van der Waals surface area contributed by atoms with E-state index < -0.39 is 7.82 Å². The highest BCUT2D eigenvalue weighted by atomic mass is 31.2. The van der Waals surface area contributed by atoms with Gasteiger partial charge in [0.2, 0.25) is 0 Å². The molecule has 0 rings (SSSR count). The summed E-state index contributed by atoms with van der Waals surface area (Å²) in [6.07, 6.45) is 0.673. The summed E-state index contributed by atoms with van der Waals surface area (Å²) in [7, 11) is -4.09. The molecule has 0 saturated carbocycles. The molecule has 4 nitrogen and oxygen atoms in total. The van der Waals surface area contributed by atoms with Crippen LogP contribution in [-0.4, -0.2) is 12.2 Å². The Kier molecular flexibility index (Phi) is 5.81. The molecule has 0 aliphatic heterocycles. The van der Waals surface area contributed by atoms with Crippen LogP contribution in [0.2, 0.25) is 0 Å². The molecule has 2 unspecified atom stereocenters. The van der Waals surface area contributed by atoms with Crippen LogP contribution < -0.4 is 0 Å². The molecule has 0 aliphatic rings. The van der Waals surface area contributed by atoms with Crippen molar-refractivity contribution >= 4 is 7.82 Å². The van der Waals surface area contributed by atoms with Crippen molar-refractivity contribution in [2.24, 2.45) is 0 Å². The van der Waals surface area contributed by atoms with Gasteiger partial charge in [-0.3, -0.25) is 9.05 Å². The van der Waals surface area contributed by atoms with E-state index in [1.165, 1.54) is 0 Å². The number of hydrogen-bond acceptors (Lipinski definition) is 3. The fraction of sp³-hybridized carbons (Fsp3) is 1.00. The SMILES string of the molecule is CCC(C)OP([O])(=O)OC(C)CC. The molecule has 0 amide bonds. The maximum absolute atomic E-state index is 11.2. The molecule has 0 N–H and O–H groups in total. The van der Waals surface area contributed by atoms with E-state index in [2.05, 4.69) is 0 Å². The van der Waals surface area contributed by atoms with E-state index in [9.17, 15) is 9.46 Å². The molecule has 0 heterocycles. The van der Waals surface area contributed by atoms with Crippen LogP contribution in [0, 0.1) is 0 Å². The standard InChI is InChI=1S/C8H18O4P/c1-5-7(3)11-13(9,10)12-8(4)6-2/h7-8H,5-6H2,1-4H3. The van der Waals surface area contributed by atoms with Crippen molar-refractivity contribution < 1.29 is 18.5 Å². The second-order valence-electron chi connectivity index (χ2n) is 3.10. The highest BCUT2D eigenvalue weighted by Crippen LogP contribution is 2.47. The van der Waals surface area contributed by atoms with Gasteiger partial charge in [0, 0.05) is 0 Å². The van der Waals surface area contributed by atoms with Gasteiger partial charge in [0.05, 0.1) is 12.2 Å². The van der Waals surface area contributed by atoms with Gasteiger partial charge < -0.3 is 0 Å². The zero-order valence-electron chi connectivity index (χ0n) is 8.65. The summed E-state index contributed by atoms with van der Waals surface area (Å²) in [5.41, 5.74) is 0. The van der Waals surface area contributed by atoms with Gasteiger partial charge in [-0.2, -0.15) is 0 Å². The van der Waals surface area contributed by atoms with Gasteiger partial charge >= 0.3 is 7.82 Å². The van der Waals surface area contributed by atoms with Gasteiger partial charge in [0.1, 0.15) is 0 Å². The molecular weight excluding hydrogens is 191 g/mol. The maximum Gasteiger partial charge on any atom is 0.503 e. The molecule has 0 spiro atoms. The van der Waals surface area contributed by atoms with Gasteiger partial charge in [0.25, 0.3) is 0 Å². The van der Waals surface area contributed by atoms with Crippen LogP contribution in [0.15, 0.2) is 0 Å². The Morgan fingerprint density at radius 3 is 1.62 bits per heavy atom. The van der Waals surface area contributed by atoms with Crippen molar-refractivity contribution in [1.82, 2.24) is 0 Å². The zero-order valence-corrected chi connectivity index (χ0v) is 9.54. The predicted molar refractivity (Wildman–Crippen MR) is 50.0 cm³/mol. The molecule has 1 radical (unpaired) electrons. The summed E-state index contributed by atoms with van der Waals surface area (Å²) in [4.78, 5) is 11.2. The van der Waals surface area contributed by atoms with E-state index in [1.807, 2.05) is 13.8 Å². The lowest BCUT2D eigenvalue weighted by Crippen LogP contribution is -2.10. The quantitative estimate of drug-likeness (QED) is 0.631. The zero-order chi connectivity index (χ0) is 10.5. The van der Waals surface area contributed by atoms with Gasteiger partial charge in [-0.15, -0.1) is 4.89 Å². The topological polar surface area (TPSA) is 55.4 Å². The number of hydrogen-bond donors (Lipinski definition) is 0. The molecule has 13 heavy (non-hydrogen) atoms. The molecule has 0 saturated heterocycles. The van der Waals surface area contributed by atoms with Crippen LogP contribution in [0.25, 0.3) is 0 Å². The molecule has 79 valence electrons. The lowest BCUT2D eigenvalue weighted by molar-refractivity contribution is 0.0684. The lowest BCUT2D eigenvalue weighted by atomic mass is 10.3. The minimum atomic E-state index is -4.09. The number of rotatable bonds is 6. The molecule has 0 bridgehead atoms. The van der Waals surface area contributed by atoms with Crippen molar-refractivity contribution in [3.8, 4) is 0 Å². The van der Waals surface area contributed by atoms with Crippen molar-refractivity contribution in [3.63, 3.8) is 0 Å².